The maximum absolute atomic E-state index is 11.8. The summed E-state index contributed by atoms with van der Waals surface area (Å²) < 4.78 is 3.94. The predicted octanol–water partition coefficient (Wildman–Crippen LogP) is 4.82. The van der Waals surface area contributed by atoms with E-state index in [2.05, 4.69) is 55.1 Å². The van der Waals surface area contributed by atoms with Gasteiger partial charge in [0.05, 0.1) is 0 Å². The summed E-state index contributed by atoms with van der Waals surface area (Å²) in [4.78, 5) is 13.7. The predicted molar refractivity (Wildman–Crippen MR) is 113 cm³/mol. The van der Waals surface area contributed by atoms with Crippen LogP contribution in [0, 0.1) is 5.92 Å². The van der Waals surface area contributed by atoms with Crippen molar-refractivity contribution in [3.63, 3.8) is 0 Å². The second-order valence-electron chi connectivity index (χ2n) is 8.63. The molecular weight excluding hydrogens is 342 g/mol. The fraction of sp³-hybridized carbons (Fsp3) is 0.667. The lowest BCUT2D eigenvalue weighted by Gasteiger charge is -2.31. The number of hydrogen-bond donors (Lipinski definition) is 2. The molecular formula is C21H33N3OS. The van der Waals surface area contributed by atoms with Crippen LogP contribution in [0.4, 0.5) is 11.4 Å². The number of anilines is 2. The van der Waals surface area contributed by atoms with Crippen LogP contribution < -0.4 is 14.9 Å². The number of nitrogens with one attached hydrogen (secondary N) is 2. The van der Waals surface area contributed by atoms with E-state index in [0.717, 1.165) is 36.8 Å². The Morgan fingerprint density at radius 3 is 2.38 bits per heavy atom. The zero-order chi connectivity index (χ0) is 18.6. The molecule has 0 spiro atoms. The van der Waals surface area contributed by atoms with Gasteiger partial charge in [-0.3, -0.25) is 9.52 Å². The van der Waals surface area contributed by atoms with Crippen LogP contribution in [0.3, 0.4) is 0 Å². The normalized spacial score (nSPS) is 24.1. The molecule has 1 aliphatic heterocycles. The number of amides is 1. The highest BCUT2D eigenvalue weighted by Crippen LogP contribution is 2.29. The fourth-order valence-corrected chi connectivity index (χ4v) is 4.44. The molecule has 1 saturated carbocycles. The summed E-state index contributed by atoms with van der Waals surface area (Å²) in [5.74, 6) is 1.01. The van der Waals surface area contributed by atoms with Crippen molar-refractivity contribution < 1.29 is 4.79 Å². The molecule has 0 radical (unpaired) electrons. The minimum atomic E-state index is 0.251. The van der Waals surface area contributed by atoms with Gasteiger partial charge in [0.15, 0.2) is 0 Å². The van der Waals surface area contributed by atoms with Crippen LogP contribution in [0.25, 0.3) is 0 Å². The first-order valence-corrected chi connectivity index (χ1v) is 10.8. The van der Waals surface area contributed by atoms with E-state index in [4.69, 9.17) is 0 Å². The van der Waals surface area contributed by atoms with Crippen LogP contribution in [0.15, 0.2) is 24.3 Å². The Hall–Kier alpha value is -1.20. The molecule has 1 saturated heterocycles. The molecule has 26 heavy (non-hydrogen) atoms. The quantitative estimate of drug-likeness (QED) is 0.700. The Labute approximate surface area is 162 Å². The standard InChI is InChI=1S/C21H33N3OS/c1-21(2,3)26-23-18-8-6-16(7-9-18)15-22-17-10-12-19(13-11-17)24-14-4-5-20(24)25/h10-13,16,18,22-23H,4-9,14-15H2,1-3H3. The van der Waals surface area contributed by atoms with Gasteiger partial charge < -0.3 is 10.2 Å². The average molecular weight is 376 g/mol. The summed E-state index contributed by atoms with van der Waals surface area (Å²) in [6.45, 7) is 8.67. The van der Waals surface area contributed by atoms with Gasteiger partial charge in [0, 0.05) is 41.7 Å². The van der Waals surface area contributed by atoms with Gasteiger partial charge in [-0.05, 0) is 83.1 Å². The summed E-state index contributed by atoms with van der Waals surface area (Å²) in [5.41, 5.74) is 2.19. The SMILES string of the molecule is CC(C)(C)SNC1CCC(CNc2ccc(N3CCCC3=O)cc2)CC1. The summed E-state index contributed by atoms with van der Waals surface area (Å²) >= 11 is 1.87. The van der Waals surface area contributed by atoms with Gasteiger partial charge in [0.25, 0.3) is 0 Å². The molecule has 1 aromatic carbocycles. The van der Waals surface area contributed by atoms with E-state index in [1.54, 1.807) is 0 Å². The lowest BCUT2D eigenvalue weighted by molar-refractivity contribution is -0.117. The van der Waals surface area contributed by atoms with Crippen molar-refractivity contribution in [3.8, 4) is 0 Å². The van der Waals surface area contributed by atoms with E-state index < -0.39 is 0 Å². The van der Waals surface area contributed by atoms with Crippen LogP contribution in [-0.2, 0) is 4.79 Å². The third-order valence-corrected chi connectivity index (χ3v) is 6.29. The average Bonchev–Trinajstić information content (AvgIpc) is 3.05. The van der Waals surface area contributed by atoms with E-state index in [0.29, 0.717) is 12.5 Å². The number of rotatable bonds is 6. The zero-order valence-electron chi connectivity index (χ0n) is 16.4. The molecule has 1 amide bonds. The molecule has 5 heteroatoms. The summed E-state index contributed by atoms with van der Waals surface area (Å²) in [5, 5.41) is 3.59. The molecule has 0 bridgehead atoms. The van der Waals surface area contributed by atoms with Crippen LogP contribution >= 0.6 is 11.9 Å². The third-order valence-electron chi connectivity index (χ3n) is 5.23. The lowest BCUT2D eigenvalue weighted by Crippen LogP contribution is -2.33. The Kier molecular flexibility index (Phi) is 6.51. The Morgan fingerprint density at radius 1 is 1.12 bits per heavy atom. The van der Waals surface area contributed by atoms with Gasteiger partial charge in [0.1, 0.15) is 0 Å². The summed E-state index contributed by atoms with van der Waals surface area (Å²) in [6, 6.07) is 9.00. The minimum Gasteiger partial charge on any atom is -0.385 e. The van der Waals surface area contributed by atoms with E-state index >= 15 is 0 Å². The van der Waals surface area contributed by atoms with Gasteiger partial charge in [0.2, 0.25) is 5.91 Å². The van der Waals surface area contributed by atoms with E-state index in [-0.39, 0.29) is 10.7 Å². The van der Waals surface area contributed by atoms with Crippen LogP contribution in [-0.4, -0.2) is 29.8 Å². The molecule has 4 nitrogen and oxygen atoms in total. The Bertz CT molecular complexity index is 588. The van der Waals surface area contributed by atoms with Crippen molar-refractivity contribution >= 4 is 29.2 Å². The smallest absolute Gasteiger partial charge is 0.227 e. The molecule has 144 valence electrons. The lowest BCUT2D eigenvalue weighted by atomic mass is 9.86. The Balaban J connectivity index is 1.39. The molecule has 0 unspecified atom stereocenters. The zero-order valence-corrected chi connectivity index (χ0v) is 17.2. The molecule has 0 aromatic heterocycles. The molecule has 0 atom stereocenters. The van der Waals surface area contributed by atoms with Gasteiger partial charge in [-0.15, -0.1) is 0 Å². The molecule has 2 N–H and O–H groups in total. The van der Waals surface area contributed by atoms with Crippen molar-refractivity contribution in [1.29, 1.82) is 0 Å². The Morgan fingerprint density at radius 2 is 1.81 bits per heavy atom. The molecule has 3 rings (SSSR count). The maximum Gasteiger partial charge on any atom is 0.227 e. The largest absolute Gasteiger partial charge is 0.385 e. The first-order chi connectivity index (χ1) is 12.4. The second kappa shape index (κ2) is 8.66. The molecule has 2 aliphatic rings. The van der Waals surface area contributed by atoms with Gasteiger partial charge >= 0.3 is 0 Å². The van der Waals surface area contributed by atoms with Crippen molar-refractivity contribution in [2.75, 3.05) is 23.3 Å². The first-order valence-electron chi connectivity index (χ1n) is 9.98. The highest BCUT2D eigenvalue weighted by Gasteiger charge is 2.23. The number of nitrogens with zero attached hydrogens (tertiary/aromatic N) is 1. The van der Waals surface area contributed by atoms with Crippen molar-refractivity contribution in [3.05, 3.63) is 24.3 Å². The van der Waals surface area contributed by atoms with E-state index in [9.17, 15) is 4.79 Å². The summed E-state index contributed by atoms with van der Waals surface area (Å²) in [7, 11) is 0. The molecule has 1 aliphatic carbocycles. The van der Waals surface area contributed by atoms with Gasteiger partial charge in [-0.2, -0.15) is 0 Å². The number of benzene rings is 1. The number of carbonyl (C=O) groups is 1. The van der Waals surface area contributed by atoms with Crippen molar-refractivity contribution in [2.45, 2.75) is 70.1 Å². The first kappa shape index (κ1) is 19.6. The fourth-order valence-electron chi connectivity index (χ4n) is 3.69. The summed E-state index contributed by atoms with van der Waals surface area (Å²) in [6.07, 6.45) is 6.78. The highest BCUT2D eigenvalue weighted by molar-refractivity contribution is 7.98. The van der Waals surface area contributed by atoms with Crippen LogP contribution in [0.2, 0.25) is 0 Å². The third kappa shape index (κ3) is 5.65. The van der Waals surface area contributed by atoms with Crippen molar-refractivity contribution in [1.82, 2.24) is 4.72 Å². The molecule has 1 aromatic rings. The van der Waals surface area contributed by atoms with Crippen LogP contribution in [0.5, 0.6) is 0 Å². The van der Waals surface area contributed by atoms with Crippen molar-refractivity contribution in [2.24, 2.45) is 5.92 Å². The highest BCUT2D eigenvalue weighted by atomic mass is 32.2. The second-order valence-corrected chi connectivity index (χ2v) is 10.3. The molecule has 1 heterocycles. The molecule has 2 fully saturated rings. The number of hydrogen-bond acceptors (Lipinski definition) is 4. The van der Waals surface area contributed by atoms with Crippen LogP contribution in [0.1, 0.15) is 59.3 Å². The topological polar surface area (TPSA) is 44.4 Å². The maximum atomic E-state index is 11.8. The monoisotopic (exact) mass is 375 g/mol. The van der Waals surface area contributed by atoms with E-state index in [1.807, 2.05) is 16.8 Å². The van der Waals surface area contributed by atoms with Gasteiger partial charge in [-0.1, -0.05) is 11.9 Å². The van der Waals surface area contributed by atoms with Gasteiger partial charge in [-0.25, -0.2) is 0 Å². The minimum absolute atomic E-state index is 0.251. The number of carbonyl (C=O) groups excluding carboxylic acids is 1. The van der Waals surface area contributed by atoms with E-state index in [1.165, 1.54) is 25.7 Å².